The first kappa shape index (κ1) is 13.0. The number of carboxylic acid groups (broad SMARTS) is 1. The molecule has 0 spiro atoms. The van der Waals surface area contributed by atoms with E-state index in [1.165, 1.54) is 0 Å². The summed E-state index contributed by atoms with van der Waals surface area (Å²) in [5, 5.41) is 17.7. The van der Waals surface area contributed by atoms with Gasteiger partial charge in [0.25, 0.3) is 0 Å². The van der Waals surface area contributed by atoms with Crippen LogP contribution in [0.25, 0.3) is 0 Å². The number of aryl methyl sites for hydroxylation is 1. The first-order valence-electron chi connectivity index (χ1n) is 5.56. The van der Waals surface area contributed by atoms with Crippen LogP contribution in [0.4, 0.5) is 5.69 Å². The van der Waals surface area contributed by atoms with Crippen molar-refractivity contribution in [2.24, 2.45) is 0 Å². The molecular formula is C13H16N2O2. The Kier molecular flexibility index (Phi) is 4.53. The summed E-state index contributed by atoms with van der Waals surface area (Å²) in [7, 11) is 0. The molecule has 0 saturated heterocycles. The number of aliphatic carboxylic acids is 1. The van der Waals surface area contributed by atoms with Crippen molar-refractivity contribution in [3.8, 4) is 6.07 Å². The van der Waals surface area contributed by atoms with Crippen molar-refractivity contribution in [1.29, 1.82) is 5.26 Å². The average Bonchev–Trinajstić information content (AvgIpc) is 2.30. The molecule has 0 fully saturated rings. The normalized spacial score (nSPS) is 9.71. The van der Waals surface area contributed by atoms with E-state index in [1.54, 1.807) is 6.07 Å². The lowest BCUT2D eigenvalue weighted by Crippen LogP contribution is -2.26. The van der Waals surface area contributed by atoms with Gasteiger partial charge < -0.3 is 10.0 Å². The predicted molar refractivity (Wildman–Crippen MR) is 66.0 cm³/mol. The zero-order valence-electron chi connectivity index (χ0n) is 10.1. The lowest BCUT2D eigenvalue weighted by Gasteiger charge is -2.23. The van der Waals surface area contributed by atoms with Gasteiger partial charge in [-0.15, -0.1) is 0 Å². The first-order valence-corrected chi connectivity index (χ1v) is 5.56. The second-order valence-electron chi connectivity index (χ2n) is 3.86. The third-order valence-electron chi connectivity index (χ3n) is 2.59. The van der Waals surface area contributed by atoms with E-state index in [9.17, 15) is 4.79 Å². The van der Waals surface area contributed by atoms with Crippen LogP contribution in [0, 0.1) is 18.3 Å². The number of nitrogens with zero attached hydrogens (tertiary/aromatic N) is 2. The Bertz CT molecular complexity index is 449. The largest absolute Gasteiger partial charge is 0.481 e. The Morgan fingerprint density at radius 3 is 2.76 bits per heavy atom. The number of anilines is 1. The van der Waals surface area contributed by atoms with Gasteiger partial charge in [0.15, 0.2) is 0 Å². The molecule has 1 aromatic carbocycles. The van der Waals surface area contributed by atoms with E-state index in [2.05, 4.69) is 6.07 Å². The Hall–Kier alpha value is -2.02. The van der Waals surface area contributed by atoms with Gasteiger partial charge in [-0.25, -0.2) is 0 Å². The summed E-state index contributed by atoms with van der Waals surface area (Å²) in [6.07, 6.45) is 0.0760. The van der Waals surface area contributed by atoms with Gasteiger partial charge >= 0.3 is 5.97 Å². The van der Waals surface area contributed by atoms with Gasteiger partial charge in [-0.05, 0) is 31.5 Å². The molecule has 0 unspecified atom stereocenters. The van der Waals surface area contributed by atoms with Crippen LogP contribution in [0.3, 0.4) is 0 Å². The quantitative estimate of drug-likeness (QED) is 0.845. The van der Waals surface area contributed by atoms with Crippen LogP contribution in [0.2, 0.25) is 0 Å². The molecule has 0 atom stereocenters. The molecule has 4 heteroatoms. The van der Waals surface area contributed by atoms with Crippen LogP contribution in [-0.2, 0) is 4.79 Å². The molecule has 90 valence electrons. The number of rotatable bonds is 5. The fraction of sp³-hybridized carbons (Fsp3) is 0.385. The molecule has 0 bridgehead atoms. The maximum Gasteiger partial charge on any atom is 0.305 e. The van der Waals surface area contributed by atoms with E-state index in [4.69, 9.17) is 10.4 Å². The molecule has 1 N–H and O–H groups in total. The SMILES string of the molecule is CCN(CCC(=O)O)c1cc(C)ccc1C#N. The summed E-state index contributed by atoms with van der Waals surface area (Å²) in [6, 6.07) is 7.71. The lowest BCUT2D eigenvalue weighted by molar-refractivity contribution is -0.136. The van der Waals surface area contributed by atoms with E-state index in [-0.39, 0.29) is 6.42 Å². The third-order valence-corrected chi connectivity index (χ3v) is 2.59. The molecule has 0 aliphatic heterocycles. The number of hydrogen-bond acceptors (Lipinski definition) is 3. The summed E-state index contributed by atoms with van der Waals surface area (Å²) < 4.78 is 0. The second-order valence-corrected chi connectivity index (χ2v) is 3.86. The Morgan fingerprint density at radius 2 is 2.24 bits per heavy atom. The molecule has 0 heterocycles. The number of carboxylic acids is 1. The monoisotopic (exact) mass is 232 g/mol. The summed E-state index contributed by atoms with van der Waals surface area (Å²) in [5.74, 6) is -0.824. The summed E-state index contributed by atoms with van der Waals surface area (Å²) >= 11 is 0. The van der Waals surface area contributed by atoms with Crippen molar-refractivity contribution in [3.05, 3.63) is 29.3 Å². The zero-order valence-corrected chi connectivity index (χ0v) is 10.1. The number of hydrogen-bond donors (Lipinski definition) is 1. The number of benzene rings is 1. The maximum absolute atomic E-state index is 10.6. The molecule has 0 aliphatic carbocycles. The van der Waals surface area contributed by atoms with E-state index < -0.39 is 5.97 Å². The van der Waals surface area contributed by atoms with Gasteiger partial charge in [-0.1, -0.05) is 6.07 Å². The van der Waals surface area contributed by atoms with Gasteiger partial charge in [0.05, 0.1) is 17.7 Å². The van der Waals surface area contributed by atoms with Gasteiger partial charge in [0.1, 0.15) is 6.07 Å². The van der Waals surface area contributed by atoms with Crippen molar-refractivity contribution in [1.82, 2.24) is 0 Å². The molecule has 1 rings (SSSR count). The second kappa shape index (κ2) is 5.90. The Labute approximate surface area is 101 Å². The first-order chi connectivity index (χ1) is 8.08. The topological polar surface area (TPSA) is 64.3 Å². The molecule has 4 nitrogen and oxygen atoms in total. The van der Waals surface area contributed by atoms with Crippen molar-refractivity contribution < 1.29 is 9.90 Å². The van der Waals surface area contributed by atoms with Crippen LogP contribution in [-0.4, -0.2) is 24.2 Å². The predicted octanol–water partition coefficient (Wildman–Crippen LogP) is 2.17. The minimum atomic E-state index is -0.824. The molecular weight excluding hydrogens is 216 g/mol. The van der Waals surface area contributed by atoms with Gasteiger partial charge in [-0.2, -0.15) is 5.26 Å². The maximum atomic E-state index is 10.6. The fourth-order valence-corrected chi connectivity index (χ4v) is 1.68. The van der Waals surface area contributed by atoms with E-state index in [1.807, 2.05) is 30.9 Å². The number of carbonyl (C=O) groups is 1. The molecule has 1 aromatic rings. The summed E-state index contributed by atoms with van der Waals surface area (Å²) in [6.45, 7) is 5.01. The van der Waals surface area contributed by atoms with Gasteiger partial charge in [0.2, 0.25) is 0 Å². The van der Waals surface area contributed by atoms with Crippen LogP contribution >= 0.6 is 0 Å². The highest BCUT2D eigenvalue weighted by molar-refractivity contribution is 5.68. The minimum Gasteiger partial charge on any atom is -0.481 e. The number of nitriles is 1. The van der Waals surface area contributed by atoms with E-state index in [0.29, 0.717) is 18.7 Å². The Morgan fingerprint density at radius 1 is 1.53 bits per heavy atom. The van der Waals surface area contributed by atoms with Gasteiger partial charge in [0, 0.05) is 13.1 Å². The summed E-state index contributed by atoms with van der Waals surface area (Å²) in [5.41, 5.74) is 2.46. The smallest absolute Gasteiger partial charge is 0.305 e. The van der Waals surface area contributed by atoms with Crippen LogP contribution in [0.1, 0.15) is 24.5 Å². The van der Waals surface area contributed by atoms with Crippen molar-refractivity contribution in [2.75, 3.05) is 18.0 Å². The zero-order chi connectivity index (χ0) is 12.8. The third kappa shape index (κ3) is 3.49. The van der Waals surface area contributed by atoms with Crippen molar-refractivity contribution in [3.63, 3.8) is 0 Å². The highest BCUT2D eigenvalue weighted by atomic mass is 16.4. The molecule has 0 radical (unpaired) electrons. The minimum absolute atomic E-state index is 0.0760. The van der Waals surface area contributed by atoms with Crippen LogP contribution < -0.4 is 4.90 Å². The molecule has 0 saturated carbocycles. The molecule has 0 aromatic heterocycles. The van der Waals surface area contributed by atoms with Gasteiger partial charge in [-0.3, -0.25) is 4.79 Å². The summed E-state index contributed by atoms with van der Waals surface area (Å²) in [4.78, 5) is 12.5. The van der Waals surface area contributed by atoms with E-state index in [0.717, 1.165) is 11.3 Å². The lowest BCUT2D eigenvalue weighted by atomic mass is 10.1. The van der Waals surface area contributed by atoms with E-state index >= 15 is 0 Å². The van der Waals surface area contributed by atoms with Crippen molar-refractivity contribution >= 4 is 11.7 Å². The molecule has 0 aliphatic rings. The van der Waals surface area contributed by atoms with Crippen LogP contribution in [0.15, 0.2) is 18.2 Å². The highest BCUT2D eigenvalue weighted by Gasteiger charge is 2.11. The highest BCUT2D eigenvalue weighted by Crippen LogP contribution is 2.21. The average molecular weight is 232 g/mol. The molecule has 17 heavy (non-hydrogen) atoms. The standard InChI is InChI=1S/C13H16N2O2/c1-3-15(7-6-13(16)17)12-8-10(2)4-5-11(12)9-14/h4-5,8H,3,6-7H2,1-2H3,(H,16,17). The van der Waals surface area contributed by atoms with Crippen LogP contribution in [0.5, 0.6) is 0 Å². The molecule has 0 amide bonds. The fourth-order valence-electron chi connectivity index (χ4n) is 1.68. The van der Waals surface area contributed by atoms with Crippen molar-refractivity contribution in [2.45, 2.75) is 20.3 Å². The Balaban J connectivity index is 2.98.